The van der Waals surface area contributed by atoms with Crippen LogP contribution in [0.1, 0.15) is 30.1 Å². The van der Waals surface area contributed by atoms with Crippen molar-refractivity contribution in [2.45, 2.75) is 25.3 Å². The standard InChI is InChI=1S/C16H21N3O/c1-20-15-6-4-13(5-7-15)16(12-2-3-12)18-9-8-14-10-17-11-19-14/h4-7,10-12,16,18H,2-3,8-9H2,1H3,(H,17,19). The second kappa shape index (κ2) is 6.09. The molecule has 2 aromatic rings. The van der Waals surface area contributed by atoms with E-state index < -0.39 is 0 Å². The smallest absolute Gasteiger partial charge is 0.118 e. The molecule has 0 bridgehead atoms. The number of nitrogens with one attached hydrogen (secondary N) is 2. The number of ether oxygens (including phenoxy) is 1. The van der Waals surface area contributed by atoms with Crippen LogP contribution < -0.4 is 10.1 Å². The Labute approximate surface area is 119 Å². The van der Waals surface area contributed by atoms with Crippen LogP contribution in [0.25, 0.3) is 0 Å². The number of rotatable bonds is 7. The van der Waals surface area contributed by atoms with Gasteiger partial charge in [-0.3, -0.25) is 0 Å². The van der Waals surface area contributed by atoms with Crippen molar-refractivity contribution < 1.29 is 4.74 Å². The topological polar surface area (TPSA) is 49.9 Å². The molecular formula is C16H21N3O. The highest BCUT2D eigenvalue weighted by Gasteiger charge is 2.31. The van der Waals surface area contributed by atoms with Crippen LogP contribution in [0.4, 0.5) is 0 Å². The molecule has 1 aromatic carbocycles. The summed E-state index contributed by atoms with van der Waals surface area (Å²) in [6.07, 6.45) is 7.26. The number of benzene rings is 1. The number of methoxy groups -OCH3 is 1. The van der Waals surface area contributed by atoms with Crippen LogP contribution in [0, 0.1) is 5.92 Å². The molecule has 1 aliphatic carbocycles. The minimum atomic E-state index is 0.462. The zero-order valence-electron chi connectivity index (χ0n) is 11.8. The van der Waals surface area contributed by atoms with Gasteiger partial charge in [-0.2, -0.15) is 0 Å². The van der Waals surface area contributed by atoms with E-state index in [1.807, 2.05) is 18.3 Å². The van der Waals surface area contributed by atoms with Crippen molar-refractivity contribution in [3.8, 4) is 5.75 Å². The SMILES string of the molecule is COc1ccc(C(NCCc2cnc[nH]2)C2CC2)cc1. The Morgan fingerprint density at radius 3 is 2.75 bits per heavy atom. The first-order valence-electron chi connectivity index (χ1n) is 7.21. The summed E-state index contributed by atoms with van der Waals surface area (Å²) in [7, 11) is 1.70. The predicted molar refractivity (Wildman–Crippen MR) is 78.8 cm³/mol. The maximum Gasteiger partial charge on any atom is 0.118 e. The normalized spacial score (nSPS) is 16.1. The fourth-order valence-corrected chi connectivity index (χ4v) is 2.58. The van der Waals surface area contributed by atoms with E-state index in [4.69, 9.17) is 4.74 Å². The first-order chi connectivity index (χ1) is 9.86. The van der Waals surface area contributed by atoms with Gasteiger partial charge in [-0.15, -0.1) is 0 Å². The number of hydrogen-bond donors (Lipinski definition) is 2. The highest BCUT2D eigenvalue weighted by Crippen LogP contribution is 2.41. The summed E-state index contributed by atoms with van der Waals surface area (Å²) in [4.78, 5) is 7.19. The number of nitrogens with zero attached hydrogens (tertiary/aromatic N) is 1. The largest absolute Gasteiger partial charge is 0.497 e. The fraction of sp³-hybridized carbons (Fsp3) is 0.438. The first kappa shape index (κ1) is 13.2. The molecule has 3 rings (SSSR count). The molecule has 1 unspecified atom stereocenters. The van der Waals surface area contributed by atoms with E-state index in [-0.39, 0.29) is 0 Å². The van der Waals surface area contributed by atoms with E-state index in [0.29, 0.717) is 6.04 Å². The molecule has 1 aromatic heterocycles. The van der Waals surface area contributed by atoms with Crippen molar-refractivity contribution in [2.75, 3.05) is 13.7 Å². The van der Waals surface area contributed by atoms with Crippen molar-refractivity contribution in [1.29, 1.82) is 0 Å². The van der Waals surface area contributed by atoms with Gasteiger partial charge < -0.3 is 15.0 Å². The molecule has 1 heterocycles. The molecule has 1 aliphatic rings. The molecular weight excluding hydrogens is 250 g/mol. The Morgan fingerprint density at radius 1 is 1.35 bits per heavy atom. The fourth-order valence-electron chi connectivity index (χ4n) is 2.58. The molecule has 0 aliphatic heterocycles. The molecule has 1 fully saturated rings. The summed E-state index contributed by atoms with van der Waals surface area (Å²) in [5.41, 5.74) is 2.54. The minimum Gasteiger partial charge on any atom is -0.497 e. The molecule has 4 nitrogen and oxygen atoms in total. The Hall–Kier alpha value is -1.81. The van der Waals surface area contributed by atoms with Gasteiger partial charge in [-0.1, -0.05) is 12.1 Å². The highest BCUT2D eigenvalue weighted by molar-refractivity contribution is 5.30. The maximum atomic E-state index is 5.22. The van der Waals surface area contributed by atoms with Gasteiger partial charge in [-0.25, -0.2) is 4.98 Å². The van der Waals surface area contributed by atoms with E-state index in [0.717, 1.165) is 24.6 Å². The summed E-state index contributed by atoms with van der Waals surface area (Å²) < 4.78 is 5.22. The summed E-state index contributed by atoms with van der Waals surface area (Å²) in [6.45, 7) is 0.968. The van der Waals surface area contributed by atoms with Crippen LogP contribution in [0.15, 0.2) is 36.8 Å². The van der Waals surface area contributed by atoms with Crippen molar-refractivity contribution in [2.24, 2.45) is 5.92 Å². The zero-order valence-corrected chi connectivity index (χ0v) is 11.8. The average molecular weight is 271 g/mol. The number of aromatic nitrogens is 2. The lowest BCUT2D eigenvalue weighted by Crippen LogP contribution is -2.25. The minimum absolute atomic E-state index is 0.462. The Morgan fingerprint density at radius 2 is 2.15 bits per heavy atom. The van der Waals surface area contributed by atoms with E-state index in [2.05, 4.69) is 27.4 Å². The second-order valence-electron chi connectivity index (χ2n) is 5.37. The molecule has 0 radical (unpaired) electrons. The third-order valence-corrected chi connectivity index (χ3v) is 3.88. The zero-order chi connectivity index (χ0) is 13.8. The van der Waals surface area contributed by atoms with Gasteiger partial charge in [0.25, 0.3) is 0 Å². The summed E-state index contributed by atoms with van der Waals surface area (Å²) >= 11 is 0. The highest BCUT2D eigenvalue weighted by atomic mass is 16.5. The Bertz CT molecular complexity index is 517. The first-order valence-corrected chi connectivity index (χ1v) is 7.21. The second-order valence-corrected chi connectivity index (χ2v) is 5.37. The lowest BCUT2D eigenvalue weighted by atomic mass is 10.0. The van der Waals surface area contributed by atoms with Gasteiger partial charge in [-0.05, 0) is 36.5 Å². The van der Waals surface area contributed by atoms with Gasteiger partial charge >= 0.3 is 0 Å². The van der Waals surface area contributed by atoms with Crippen LogP contribution in [0.3, 0.4) is 0 Å². The number of imidazole rings is 1. The lowest BCUT2D eigenvalue weighted by molar-refractivity contribution is 0.413. The molecule has 0 amide bonds. The molecule has 0 saturated heterocycles. The van der Waals surface area contributed by atoms with Crippen molar-refractivity contribution in [3.05, 3.63) is 48.0 Å². The van der Waals surface area contributed by atoms with Crippen molar-refractivity contribution >= 4 is 0 Å². The summed E-state index contributed by atoms with van der Waals surface area (Å²) in [5.74, 6) is 1.70. The third kappa shape index (κ3) is 3.20. The van der Waals surface area contributed by atoms with Gasteiger partial charge in [0.15, 0.2) is 0 Å². The van der Waals surface area contributed by atoms with Crippen LogP contribution >= 0.6 is 0 Å². The average Bonchev–Trinajstić information content (AvgIpc) is 3.20. The molecule has 106 valence electrons. The predicted octanol–water partition coefficient (Wildman–Crippen LogP) is 2.70. The van der Waals surface area contributed by atoms with Crippen LogP contribution in [0.5, 0.6) is 5.75 Å². The van der Waals surface area contributed by atoms with Gasteiger partial charge in [0, 0.05) is 30.9 Å². The molecule has 2 N–H and O–H groups in total. The van der Waals surface area contributed by atoms with Crippen molar-refractivity contribution in [3.63, 3.8) is 0 Å². The number of hydrogen-bond acceptors (Lipinski definition) is 3. The van der Waals surface area contributed by atoms with Crippen LogP contribution in [-0.4, -0.2) is 23.6 Å². The third-order valence-electron chi connectivity index (χ3n) is 3.88. The van der Waals surface area contributed by atoms with Gasteiger partial charge in [0.05, 0.1) is 13.4 Å². The van der Waals surface area contributed by atoms with E-state index >= 15 is 0 Å². The number of H-pyrrole nitrogens is 1. The quantitative estimate of drug-likeness (QED) is 0.814. The molecule has 20 heavy (non-hydrogen) atoms. The maximum absolute atomic E-state index is 5.22. The Balaban J connectivity index is 1.60. The summed E-state index contributed by atoms with van der Waals surface area (Å²) in [5, 5.41) is 3.69. The number of aromatic amines is 1. The van der Waals surface area contributed by atoms with E-state index in [1.165, 1.54) is 24.1 Å². The van der Waals surface area contributed by atoms with Crippen molar-refractivity contribution in [1.82, 2.24) is 15.3 Å². The van der Waals surface area contributed by atoms with Crippen LogP contribution in [0.2, 0.25) is 0 Å². The molecule has 4 heteroatoms. The molecule has 1 saturated carbocycles. The monoisotopic (exact) mass is 271 g/mol. The summed E-state index contributed by atoms with van der Waals surface area (Å²) in [6, 6.07) is 8.89. The van der Waals surface area contributed by atoms with Gasteiger partial charge in [0.2, 0.25) is 0 Å². The van der Waals surface area contributed by atoms with E-state index in [9.17, 15) is 0 Å². The molecule has 0 spiro atoms. The van der Waals surface area contributed by atoms with Crippen LogP contribution in [-0.2, 0) is 6.42 Å². The molecule has 1 atom stereocenters. The van der Waals surface area contributed by atoms with E-state index in [1.54, 1.807) is 13.4 Å². The van der Waals surface area contributed by atoms with Gasteiger partial charge in [0.1, 0.15) is 5.75 Å². The Kier molecular flexibility index (Phi) is 4.02. The lowest BCUT2D eigenvalue weighted by Gasteiger charge is -2.19.